The molecule has 0 aliphatic carbocycles. The smallest absolute Gasteiger partial charge is 0.226 e. The molecule has 2 aromatic heterocycles. The SMILES string of the molecule is CSc1nc(O)c2c(Cl)nc(Cl)cc2n1. The monoisotopic (exact) mass is 261 g/mol. The normalized spacial score (nSPS) is 10.9. The van der Waals surface area contributed by atoms with Gasteiger partial charge in [-0.1, -0.05) is 35.0 Å². The predicted molar refractivity (Wildman–Crippen MR) is 60.8 cm³/mol. The van der Waals surface area contributed by atoms with Gasteiger partial charge in [0.05, 0.1) is 10.9 Å². The van der Waals surface area contributed by atoms with E-state index in [1.54, 1.807) is 0 Å². The lowest BCUT2D eigenvalue weighted by Gasteiger charge is -2.03. The number of thioether (sulfide) groups is 1. The summed E-state index contributed by atoms with van der Waals surface area (Å²) in [5.74, 6) is -0.182. The Hall–Kier alpha value is -0.780. The Morgan fingerprint density at radius 2 is 2.00 bits per heavy atom. The van der Waals surface area contributed by atoms with Gasteiger partial charge in [-0.25, -0.2) is 9.97 Å². The van der Waals surface area contributed by atoms with Crippen molar-refractivity contribution >= 4 is 45.9 Å². The molecule has 0 aliphatic heterocycles. The summed E-state index contributed by atoms with van der Waals surface area (Å²) in [5.41, 5.74) is 0.483. The Morgan fingerprint density at radius 3 is 2.67 bits per heavy atom. The third-order valence-corrected chi connectivity index (χ3v) is 2.76. The second-order valence-electron chi connectivity index (χ2n) is 2.66. The van der Waals surface area contributed by atoms with Gasteiger partial charge in [-0.15, -0.1) is 0 Å². The van der Waals surface area contributed by atoms with Gasteiger partial charge >= 0.3 is 0 Å². The molecule has 0 bridgehead atoms. The van der Waals surface area contributed by atoms with Crippen LogP contribution in [0.25, 0.3) is 10.9 Å². The predicted octanol–water partition coefficient (Wildman–Crippen LogP) is 2.76. The quantitative estimate of drug-likeness (QED) is 0.486. The van der Waals surface area contributed by atoms with Crippen LogP contribution in [0.2, 0.25) is 10.3 Å². The van der Waals surface area contributed by atoms with Crippen LogP contribution in [0.4, 0.5) is 0 Å². The van der Waals surface area contributed by atoms with Crippen LogP contribution in [0.15, 0.2) is 11.2 Å². The van der Waals surface area contributed by atoms with E-state index in [0.29, 0.717) is 16.1 Å². The molecule has 0 aromatic carbocycles. The van der Waals surface area contributed by atoms with Crippen LogP contribution in [-0.4, -0.2) is 26.3 Å². The van der Waals surface area contributed by atoms with Gasteiger partial charge in [0, 0.05) is 6.07 Å². The number of aromatic nitrogens is 3. The second-order valence-corrected chi connectivity index (χ2v) is 4.18. The largest absolute Gasteiger partial charge is 0.493 e. The van der Waals surface area contributed by atoms with Gasteiger partial charge in [0.2, 0.25) is 5.88 Å². The van der Waals surface area contributed by atoms with Crippen molar-refractivity contribution in [3.8, 4) is 5.88 Å². The highest BCUT2D eigenvalue weighted by molar-refractivity contribution is 7.98. The summed E-state index contributed by atoms with van der Waals surface area (Å²) in [6, 6.07) is 1.53. The van der Waals surface area contributed by atoms with Crippen molar-refractivity contribution in [1.29, 1.82) is 0 Å². The van der Waals surface area contributed by atoms with E-state index in [0.717, 1.165) is 0 Å². The van der Waals surface area contributed by atoms with E-state index in [-0.39, 0.29) is 16.2 Å². The zero-order chi connectivity index (χ0) is 11.0. The molecule has 78 valence electrons. The third-order valence-electron chi connectivity index (χ3n) is 1.75. The fourth-order valence-electron chi connectivity index (χ4n) is 1.13. The summed E-state index contributed by atoms with van der Waals surface area (Å²) in [7, 11) is 0. The van der Waals surface area contributed by atoms with Crippen LogP contribution in [-0.2, 0) is 0 Å². The third kappa shape index (κ3) is 1.95. The first-order valence-electron chi connectivity index (χ1n) is 3.88. The Balaban J connectivity index is 2.85. The van der Waals surface area contributed by atoms with Gasteiger partial charge in [0.1, 0.15) is 10.3 Å². The number of nitrogens with zero attached hydrogens (tertiary/aromatic N) is 3. The van der Waals surface area contributed by atoms with Crippen LogP contribution in [0.5, 0.6) is 5.88 Å². The molecule has 0 amide bonds. The first-order valence-corrected chi connectivity index (χ1v) is 5.86. The summed E-state index contributed by atoms with van der Waals surface area (Å²) >= 11 is 12.9. The fourth-order valence-corrected chi connectivity index (χ4v) is 2.00. The van der Waals surface area contributed by atoms with Crippen LogP contribution in [0.1, 0.15) is 0 Å². The average Bonchev–Trinajstić information content (AvgIpc) is 2.15. The molecule has 15 heavy (non-hydrogen) atoms. The zero-order valence-corrected chi connectivity index (χ0v) is 9.86. The van der Waals surface area contributed by atoms with Gasteiger partial charge in [0.25, 0.3) is 0 Å². The molecule has 2 rings (SSSR count). The van der Waals surface area contributed by atoms with Crippen LogP contribution in [0, 0.1) is 0 Å². The molecule has 0 radical (unpaired) electrons. The molecule has 2 heterocycles. The van der Waals surface area contributed by atoms with Gasteiger partial charge < -0.3 is 5.11 Å². The lowest BCUT2D eigenvalue weighted by molar-refractivity contribution is 0.453. The molecule has 7 heteroatoms. The van der Waals surface area contributed by atoms with Gasteiger partial charge in [-0.2, -0.15) is 4.98 Å². The van der Waals surface area contributed by atoms with Crippen molar-refractivity contribution in [2.75, 3.05) is 6.26 Å². The lowest BCUT2D eigenvalue weighted by atomic mass is 10.3. The summed E-state index contributed by atoms with van der Waals surface area (Å²) in [5, 5.41) is 10.7. The highest BCUT2D eigenvalue weighted by Gasteiger charge is 2.11. The Labute approximate surface area is 99.7 Å². The van der Waals surface area contributed by atoms with Crippen LogP contribution < -0.4 is 0 Å². The molecule has 1 N–H and O–H groups in total. The molecule has 0 atom stereocenters. The number of pyridine rings is 1. The second kappa shape index (κ2) is 4.00. The Morgan fingerprint density at radius 1 is 1.27 bits per heavy atom. The first-order chi connectivity index (χ1) is 7.11. The maximum absolute atomic E-state index is 9.62. The molecule has 0 saturated carbocycles. The van der Waals surface area contributed by atoms with Crippen molar-refractivity contribution in [2.45, 2.75) is 5.16 Å². The average molecular weight is 262 g/mol. The number of rotatable bonds is 1. The van der Waals surface area contributed by atoms with E-state index in [4.69, 9.17) is 23.2 Å². The van der Waals surface area contributed by atoms with E-state index in [1.165, 1.54) is 17.8 Å². The topological polar surface area (TPSA) is 58.9 Å². The van der Waals surface area contributed by atoms with Crippen LogP contribution in [0.3, 0.4) is 0 Å². The van der Waals surface area contributed by atoms with Crippen molar-refractivity contribution in [2.24, 2.45) is 0 Å². The van der Waals surface area contributed by atoms with Gasteiger partial charge in [-0.3, -0.25) is 0 Å². The minimum absolute atomic E-state index is 0.0997. The number of aromatic hydroxyl groups is 1. The van der Waals surface area contributed by atoms with Crippen LogP contribution >= 0.6 is 35.0 Å². The van der Waals surface area contributed by atoms with Gasteiger partial charge in [-0.05, 0) is 6.26 Å². The summed E-state index contributed by atoms with van der Waals surface area (Å²) in [6.07, 6.45) is 1.81. The lowest BCUT2D eigenvalue weighted by Crippen LogP contribution is -1.91. The van der Waals surface area contributed by atoms with E-state index in [2.05, 4.69) is 15.0 Å². The minimum Gasteiger partial charge on any atom is -0.493 e. The number of fused-ring (bicyclic) bond motifs is 1. The summed E-state index contributed by atoms with van der Waals surface area (Å²) in [4.78, 5) is 11.8. The molecule has 0 fully saturated rings. The molecule has 0 aliphatic rings. The standard InChI is InChI=1S/C8H5Cl2N3OS/c1-15-8-11-3-2-4(9)12-6(10)5(3)7(14)13-8/h2H,1H3,(H,11,13,14). The highest BCUT2D eigenvalue weighted by atomic mass is 35.5. The first kappa shape index (κ1) is 10.7. The molecule has 4 nitrogen and oxygen atoms in total. The maximum Gasteiger partial charge on any atom is 0.226 e. The maximum atomic E-state index is 9.62. The molecule has 0 saturated heterocycles. The van der Waals surface area contributed by atoms with E-state index in [1.807, 2.05) is 6.26 Å². The van der Waals surface area contributed by atoms with E-state index >= 15 is 0 Å². The minimum atomic E-state index is -0.182. The van der Waals surface area contributed by atoms with E-state index in [9.17, 15) is 5.11 Å². The Kier molecular flexibility index (Phi) is 2.86. The van der Waals surface area contributed by atoms with Crippen molar-refractivity contribution < 1.29 is 5.11 Å². The van der Waals surface area contributed by atoms with E-state index < -0.39 is 0 Å². The highest BCUT2D eigenvalue weighted by Crippen LogP contribution is 2.30. The fraction of sp³-hybridized carbons (Fsp3) is 0.125. The van der Waals surface area contributed by atoms with Crippen molar-refractivity contribution in [1.82, 2.24) is 15.0 Å². The molecule has 2 aromatic rings. The van der Waals surface area contributed by atoms with Gasteiger partial charge in [0.15, 0.2) is 5.16 Å². The molecule has 0 spiro atoms. The molecular weight excluding hydrogens is 257 g/mol. The van der Waals surface area contributed by atoms with Crippen molar-refractivity contribution in [3.63, 3.8) is 0 Å². The number of halogens is 2. The molecule has 0 unspecified atom stereocenters. The van der Waals surface area contributed by atoms with Crippen molar-refractivity contribution in [3.05, 3.63) is 16.4 Å². The summed E-state index contributed by atoms with van der Waals surface area (Å²) < 4.78 is 0. The molecular formula is C8H5Cl2N3OS. The number of hydrogen-bond donors (Lipinski definition) is 1. The Bertz CT molecular complexity index is 535. The summed E-state index contributed by atoms with van der Waals surface area (Å²) in [6.45, 7) is 0. The zero-order valence-electron chi connectivity index (χ0n) is 7.53. The number of hydrogen-bond acceptors (Lipinski definition) is 5.